The third-order valence-corrected chi connectivity index (χ3v) is 4.05. The van der Waals surface area contributed by atoms with Gasteiger partial charge in [0, 0.05) is 12.3 Å². The average Bonchev–Trinajstić information content (AvgIpc) is 2.82. The number of hydrogen-bond acceptors (Lipinski definition) is 1. The van der Waals surface area contributed by atoms with Gasteiger partial charge in [-0.15, -0.1) is 0 Å². The Morgan fingerprint density at radius 2 is 1.94 bits per heavy atom. The van der Waals surface area contributed by atoms with Gasteiger partial charge in [0.2, 0.25) is 0 Å². The zero-order valence-corrected chi connectivity index (χ0v) is 11.5. The topological polar surface area (TPSA) is 17.1 Å². The van der Waals surface area contributed by atoms with Crippen molar-refractivity contribution in [1.82, 2.24) is 0 Å². The van der Waals surface area contributed by atoms with Crippen LogP contribution in [-0.4, -0.2) is 5.78 Å². The highest BCUT2D eigenvalue weighted by molar-refractivity contribution is 5.86. The van der Waals surface area contributed by atoms with Gasteiger partial charge < -0.3 is 0 Å². The molecule has 1 aromatic carbocycles. The summed E-state index contributed by atoms with van der Waals surface area (Å²) in [6.45, 7) is 2.22. The lowest BCUT2D eigenvalue weighted by atomic mass is 9.93. The fraction of sp³-hybridized carbons (Fsp3) is 0.588. The number of aryl methyl sites for hydroxylation is 1. The summed E-state index contributed by atoms with van der Waals surface area (Å²) in [5.74, 6) is 0.670. The number of benzene rings is 1. The maximum atomic E-state index is 12.2. The quantitative estimate of drug-likeness (QED) is 0.638. The molecule has 0 heterocycles. The molecular formula is C17H24O. The molecule has 0 aromatic heterocycles. The first kappa shape index (κ1) is 13.3. The molecule has 1 atom stereocenters. The maximum Gasteiger partial charge on any atom is 0.140 e. The lowest BCUT2D eigenvalue weighted by Crippen LogP contribution is -2.09. The van der Waals surface area contributed by atoms with E-state index in [-0.39, 0.29) is 5.92 Å². The molecule has 0 N–H and O–H groups in total. The van der Waals surface area contributed by atoms with Crippen molar-refractivity contribution in [2.45, 2.75) is 64.2 Å². The maximum absolute atomic E-state index is 12.2. The molecule has 1 aliphatic carbocycles. The van der Waals surface area contributed by atoms with Crippen molar-refractivity contribution in [2.75, 3.05) is 0 Å². The number of Topliss-reactive ketones (excluding diaryl/α,β-unsaturated/α-hetero) is 1. The minimum absolute atomic E-state index is 0.201. The standard InChI is InChI=1S/C17H24O/c1-2-3-4-5-6-11-17(18)16-13-12-14-9-7-8-10-15(14)16/h7-10,16H,2-6,11-13H2,1H3. The van der Waals surface area contributed by atoms with Crippen LogP contribution in [-0.2, 0) is 11.2 Å². The minimum Gasteiger partial charge on any atom is -0.299 e. The van der Waals surface area contributed by atoms with E-state index in [1.807, 2.05) is 0 Å². The van der Waals surface area contributed by atoms with Crippen LogP contribution in [0.5, 0.6) is 0 Å². The van der Waals surface area contributed by atoms with E-state index in [1.54, 1.807) is 0 Å². The number of carbonyl (C=O) groups excluding carboxylic acids is 1. The van der Waals surface area contributed by atoms with Crippen molar-refractivity contribution in [2.24, 2.45) is 0 Å². The molecular weight excluding hydrogens is 220 g/mol. The van der Waals surface area contributed by atoms with Gasteiger partial charge >= 0.3 is 0 Å². The van der Waals surface area contributed by atoms with Crippen LogP contribution in [0.25, 0.3) is 0 Å². The molecule has 0 aliphatic heterocycles. The Morgan fingerprint density at radius 3 is 2.78 bits per heavy atom. The highest BCUT2D eigenvalue weighted by Crippen LogP contribution is 2.34. The number of hydrogen-bond donors (Lipinski definition) is 0. The normalized spacial score (nSPS) is 17.7. The van der Waals surface area contributed by atoms with E-state index >= 15 is 0 Å². The van der Waals surface area contributed by atoms with Gasteiger partial charge in [-0.3, -0.25) is 4.79 Å². The Hall–Kier alpha value is -1.11. The Kier molecular flexibility index (Phi) is 4.98. The van der Waals surface area contributed by atoms with E-state index in [0.717, 1.165) is 25.7 Å². The van der Waals surface area contributed by atoms with E-state index in [0.29, 0.717) is 5.78 Å². The molecule has 1 heteroatoms. The van der Waals surface area contributed by atoms with Gasteiger partial charge in [0.05, 0.1) is 0 Å². The monoisotopic (exact) mass is 244 g/mol. The number of ketones is 1. The van der Waals surface area contributed by atoms with Gasteiger partial charge in [-0.2, -0.15) is 0 Å². The number of fused-ring (bicyclic) bond motifs is 1. The van der Waals surface area contributed by atoms with Crippen LogP contribution in [0.3, 0.4) is 0 Å². The molecule has 0 bridgehead atoms. The highest BCUT2D eigenvalue weighted by Gasteiger charge is 2.27. The summed E-state index contributed by atoms with van der Waals surface area (Å²) in [7, 11) is 0. The van der Waals surface area contributed by atoms with Gasteiger partial charge in [0.1, 0.15) is 5.78 Å². The van der Waals surface area contributed by atoms with E-state index < -0.39 is 0 Å². The predicted octanol–water partition coefficient (Wildman–Crippen LogP) is 4.65. The van der Waals surface area contributed by atoms with E-state index in [1.165, 1.54) is 36.8 Å². The van der Waals surface area contributed by atoms with Crippen LogP contribution in [0, 0.1) is 0 Å². The van der Waals surface area contributed by atoms with Crippen LogP contribution >= 0.6 is 0 Å². The van der Waals surface area contributed by atoms with E-state index in [4.69, 9.17) is 0 Å². The first-order chi connectivity index (χ1) is 8.83. The summed E-state index contributed by atoms with van der Waals surface area (Å²) in [6.07, 6.45) is 9.05. The summed E-state index contributed by atoms with van der Waals surface area (Å²) in [5, 5.41) is 0. The molecule has 1 aliphatic rings. The van der Waals surface area contributed by atoms with Crippen LogP contribution < -0.4 is 0 Å². The summed E-state index contributed by atoms with van der Waals surface area (Å²) in [6, 6.07) is 8.45. The second-order valence-corrected chi connectivity index (χ2v) is 5.42. The molecule has 1 nitrogen and oxygen atoms in total. The average molecular weight is 244 g/mol. The smallest absolute Gasteiger partial charge is 0.140 e. The Labute approximate surface area is 111 Å². The Balaban J connectivity index is 1.80. The van der Waals surface area contributed by atoms with Crippen LogP contribution in [0.4, 0.5) is 0 Å². The SMILES string of the molecule is CCCCCCCC(=O)C1CCc2ccccc21. The van der Waals surface area contributed by atoms with Gasteiger partial charge in [0.15, 0.2) is 0 Å². The minimum atomic E-state index is 0.201. The first-order valence-corrected chi connectivity index (χ1v) is 7.43. The molecule has 98 valence electrons. The molecule has 0 saturated carbocycles. The van der Waals surface area contributed by atoms with Crippen LogP contribution in [0.2, 0.25) is 0 Å². The Bertz CT molecular complexity index is 394. The van der Waals surface area contributed by atoms with Crippen molar-refractivity contribution < 1.29 is 4.79 Å². The summed E-state index contributed by atoms with van der Waals surface area (Å²) >= 11 is 0. The van der Waals surface area contributed by atoms with Crippen LogP contribution in [0.1, 0.15) is 68.9 Å². The molecule has 1 aromatic rings. The molecule has 0 radical (unpaired) electrons. The number of unbranched alkanes of at least 4 members (excludes halogenated alkanes) is 4. The molecule has 0 fully saturated rings. The summed E-state index contributed by atoms with van der Waals surface area (Å²) in [5.41, 5.74) is 2.69. The largest absolute Gasteiger partial charge is 0.299 e. The van der Waals surface area contributed by atoms with Crippen molar-refractivity contribution >= 4 is 5.78 Å². The Morgan fingerprint density at radius 1 is 1.17 bits per heavy atom. The van der Waals surface area contributed by atoms with Gasteiger partial charge in [-0.1, -0.05) is 56.9 Å². The van der Waals surface area contributed by atoms with Crippen molar-refractivity contribution in [3.05, 3.63) is 35.4 Å². The van der Waals surface area contributed by atoms with E-state index in [2.05, 4.69) is 31.2 Å². The molecule has 0 saturated heterocycles. The first-order valence-electron chi connectivity index (χ1n) is 7.43. The van der Waals surface area contributed by atoms with Gasteiger partial charge in [-0.05, 0) is 30.4 Å². The highest BCUT2D eigenvalue weighted by atomic mass is 16.1. The van der Waals surface area contributed by atoms with Crippen molar-refractivity contribution in [1.29, 1.82) is 0 Å². The summed E-state index contributed by atoms with van der Waals surface area (Å²) in [4.78, 5) is 12.2. The molecule has 0 amide bonds. The predicted molar refractivity (Wildman–Crippen MR) is 75.9 cm³/mol. The van der Waals surface area contributed by atoms with Gasteiger partial charge in [-0.25, -0.2) is 0 Å². The fourth-order valence-electron chi connectivity index (χ4n) is 2.97. The lowest BCUT2D eigenvalue weighted by molar-refractivity contribution is -0.120. The molecule has 18 heavy (non-hydrogen) atoms. The molecule has 1 unspecified atom stereocenters. The number of carbonyl (C=O) groups is 1. The van der Waals surface area contributed by atoms with Crippen molar-refractivity contribution in [3.8, 4) is 0 Å². The number of rotatable bonds is 7. The second kappa shape index (κ2) is 6.72. The van der Waals surface area contributed by atoms with E-state index in [9.17, 15) is 4.79 Å². The third-order valence-electron chi connectivity index (χ3n) is 4.05. The van der Waals surface area contributed by atoms with Crippen LogP contribution in [0.15, 0.2) is 24.3 Å². The van der Waals surface area contributed by atoms with Gasteiger partial charge in [0.25, 0.3) is 0 Å². The second-order valence-electron chi connectivity index (χ2n) is 5.42. The molecule has 2 rings (SSSR count). The zero-order chi connectivity index (χ0) is 12.8. The zero-order valence-electron chi connectivity index (χ0n) is 11.5. The van der Waals surface area contributed by atoms with Crippen molar-refractivity contribution in [3.63, 3.8) is 0 Å². The third kappa shape index (κ3) is 3.22. The lowest BCUT2D eigenvalue weighted by Gasteiger charge is -2.10. The fourth-order valence-corrected chi connectivity index (χ4v) is 2.97. The summed E-state index contributed by atoms with van der Waals surface area (Å²) < 4.78 is 0. The molecule has 0 spiro atoms.